The Hall–Kier alpha value is -2.21. The second-order valence-electron chi connectivity index (χ2n) is 5.24. The molecule has 2 heterocycles. The number of thiazole rings is 1. The highest BCUT2D eigenvalue weighted by Gasteiger charge is 2.27. The number of benzene rings is 1. The van der Waals surface area contributed by atoms with Crippen LogP contribution in [0, 0.1) is 0 Å². The molecule has 1 aliphatic heterocycles. The number of aryl methyl sites for hydroxylation is 1. The SMILES string of the molecule is CCc1ccc(-c2csc(NC(=O)C3CCC(=O)N3)n2)cc1. The summed E-state index contributed by atoms with van der Waals surface area (Å²) in [6.07, 6.45) is 1.96. The highest BCUT2D eigenvalue weighted by atomic mass is 32.1. The van der Waals surface area contributed by atoms with Gasteiger partial charge >= 0.3 is 0 Å². The van der Waals surface area contributed by atoms with Gasteiger partial charge in [0, 0.05) is 17.4 Å². The molecule has 1 aliphatic rings. The first-order valence-electron chi connectivity index (χ1n) is 7.31. The van der Waals surface area contributed by atoms with Crippen LogP contribution in [-0.4, -0.2) is 22.8 Å². The number of anilines is 1. The highest BCUT2D eigenvalue weighted by Crippen LogP contribution is 2.25. The number of carbonyl (C=O) groups excluding carboxylic acids is 2. The summed E-state index contributed by atoms with van der Waals surface area (Å²) in [5, 5.41) is 7.90. The summed E-state index contributed by atoms with van der Waals surface area (Å²) in [6.45, 7) is 2.12. The predicted molar refractivity (Wildman–Crippen MR) is 86.7 cm³/mol. The lowest BCUT2D eigenvalue weighted by molar-refractivity contribution is -0.122. The lowest BCUT2D eigenvalue weighted by atomic mass is 10.1. The number of amides is 2. The molecule has 1 aromatic carbocycles. The molecular formula is C16H17N3O2S. The zero-order chi connectivity index (χ0) is 15.5. The quantitative estimate of drug-likeness (QED) is 0.911. The molecule has 2 N–H and O–H groups in total. The maximum absolute atomic E-state index is 12.0. The smallest absolute Gasteiger partial charge is 0.248 e. The van der Waals surface area contributed by atoms with E-state index in [0.29, 0.717) is 18.0 Å². The second-order valence-corrected chi connectivity index (χ2v) is 6.09. The number of nitrogens with one attached hydrogen (secondary N) is 2. The highest BCUT2D eigenvalue weighted by molar-refractivity contribution is 7.14. The van der Waals surface area contributed by atoms with Gasteiger partial charge in [-0.05, 0) is 18.4 Å². The third-order valence-electron chi connectivity index (χ3n) is 3.70. The molecular weight excluding hydrogens is 298 g/mol. The monoisotopic (exact) mass is 315 g/mol. The van der Waals surface area contributed by atoms with Gasteiger partial charge in [-0.1, -0.05) is 31.2 Å². The first kappa shape index (κ1) is 14.7. The lowest BCUT2D eigenvalue weighted by Gasteiger charge is -2.08. The Kier molecular flexibility index (Phi) is 4.20. The first-order chi connectivity index (χ1) is 10.7. The van der Waals surface area contributed by atoms with E-state index in [1.807, 2.05) is 17.5 Å². The third-order valence-corrected chi connectivity index (χ3v) is 4.46. The zero-order valence-corrected chi connectivity index (χ0v) is 13.1. The van der Waals surface area contributed by atoms with Gasteiger partial charge in [0.25, 0.3) is 0 Å². The Morgan fingerprint density at radius 2 is 2.18 bits per heavy atom. The molecule has 1 aromatic heterocycles. The Bertz CT molecular complexity index is 694. The average molecular weight is 315 g/mol. The molecule has 1 atom stereocenters. The van der Waals surface area contributed by atoms with Gasteiger partial charge in [0.1, 0.15) is 6.04 Å². The summed E-state index contributed by atoms with van der Waals surface area (Å²) >= 11 is 1.39. The molecule has 1 saturated heterocycles. The molecule has 2 aromatic rings. The van der Waals surface area contributed by atoms with Gasteiger partial charge in [0.2, 0.25) is 11.8 Å². The van der Waals surface area contributed by atoms with Crippen molar-refractivity contribution in [3.8, 4) is 11.3 Å². The number of carbonyl (C=O) groups is 2. The van der Waals surface area contributed by atoms with Gasteiger partial charge in [-0.25, -0.2) is 4.98 Å². The Labute approximate surface area is 132 Å². The van der Waals surface area contributed by atoms with Crippen molar-refractivity contribution in [3.63, 3.8) is 0 Å². The van der Waals surface area contributed by atoms with Crippen LogP contribution >= 0.6 is 11.3 Å². The number of aromatic nitrogens is 1. The minimum Gasteiger partial charge on any atom is -0.344 e. The van der Waals surface area contributed by atoms with Crippen molar-refractivity contribution in [2.45, 2.75) is 32.2 Å². The fraction of sp³-hybridized carbons (Fsp3) is 0.312. The average Bonchev–Trinajstić information content (AvgIpc) is 3.16. The molecule has 2 amide bonds. The summed E-state index contributed by atoms with van der Waals surface area (Å²) in [7, 11) is 0. The van der Waals surface area contributed by atoms with Crippen LogP contribution in [-0.2, 0) is 16.0 Å². The molecule has 22 heavy (non-hydrogen) atoms. The van der Waals surface area contributed by atoms with Crippen LogP contribution in [0.25, 0.3) is 11.3 Å². The van der Waals surface area contributed by atoms with Gasteiger partial charge in [-0.3, -0.25) is 9.59 Å². The van der Waals surface area contributed by atoms with Gasteiger partial charge < -0.3 is 10.6 Å². The molecule has 3 rings (SSSR count). The second kappa shape index (κ2) is 6.27. The van der Waals surface area contributed by atoms with Crippen molar-refractivity contribution in [3.05, 3.63) is 35.2 Å². The summed E-state index contributed by atoms with van der Waals surface area (Å²) in [6, 6.07) is 7.80. The summed E-state index contributed by atoms with van der Waals surface area (Å²) in [4.78, 5) is 27.6. The van der Waals surface area contributed by atoms with Gasteiger partial charge in [0.05, 0.1) is 5.69 Å². The predicted octanol–water partition coefficient (Wildman–Crippen LogP) is 2.59. The van der Waals surface area contributed by atoms with Crippen molar-refractivity contribution in [1.82, 2.24) is 10.3 Å². The van der Waals surface area contributed by atoms with Crippen molar-refractivity contribution in [2.24, 2.45) is 0 Å². The van der Waals surface area contributed by atoms with Crippen LogP contribution in [0.1, 0.15) is 25.3 Å². The number of nitrogens with zero attached hydrogens (tertiary/aromatic N) is 1. The molecule has 0 aliphatic carbocycles. The van der Waals surface area contributed by atoms with Gasteiger partial charge in [-0.2, -0.15) is 0 Å². The summed E-state index contributed by atoms with van der Waals surface area (Å²) < 4.78 is 0. The minimum atomic E-state index is -0.441. The van der Waals surface area contributed by atoms with Crippen LogP contribution in [0.5, 0.6) is 0 Å². The van der Waals surface area contributed by atoms with E-state index in [-0.39, 0.29) is 11.8 Å². The molecule has 1 unspecified atom stereocenters. The van der Waals surface area contributed by atoms with Crippen molar-refractivity contribution in [1.29, 1.82) is 0 Å². The van der Waals surface area contributed by atoms with Crippen molar-refractivity contribution < 1.29 is 9.59 Å². The molecule has 6 heteroatoms. The fourth-order valence-electron chi connectivity index (χ4n) is 2.38. The van der Waals surface area contributed by atoms with Crippen LogP contribution in [0.2, 0.25) is 0 Å². The zero-order valence-electron chi connectivity index (χ0n) is 12.3. The molecule has 5 nitrogen and oxygen atoms in total. The normalized spacial score (nSPS) is 17.3. The minimum absolute atomic E-state index is 0.0732. The fourth-order valence-corrected chi connectivity index (χ4v) is 3.10. The molecule has 0 saturated carbocycles. The maximum atomic E-state index is 12.0. The van der Waals surface area contributed by atoms with E-state index in [1.54, 1.807) is 0 Å². The van der Waals surface area contributed by atoms with Crippen LogP contribution in [0.15, 0.2) is 29.6 Å². The van der Waals surface area contributed by atoms with E-state index in [1.165, 1.54) is 16.9 Å². The molecule has 0 bridgehead atoms. The van der Waals surface area contributed by atoms with Crippen molar-refractivity contribution >= 4 is 28.3 Å². The maximum Gasteiger partial charge on any atom is 0.248 e. The Morgan fingerprint density at radius 3 is 2.82 bits per heavy atom. The van der Waals surface area contributed by atoms with Crippen molar-refractivity contribution in [2.75, 3.05) is 5.32 Å². The van der Waals surface area contributed by atoms with Crippen LogP contribution in [0.4, 0.5) is 5.13 Å². The molecule has 114 valence electrons. The van der Waals surface area contributed by atoms with Gasteiger partial charge in [-0.15, -0.1) is 11.3 Å². The molecule has 1 fully saturated rings. The van der Waals surface area contributed by atoms with E-state index >= 15 is 0 Å². The van der Waals surface area contributed by atoms with E-state index in [0.717, 1.165) is 17.7 Å². The summed E-state index contributed by atoms with van der Waals surface area (Å²) in [5.41, 5.74) is 3.16. The van der Waals surface area contributed by atoms with E-state index < -0.39 is 6.04 Å². The van der Waals surface area contributed by atoms with E-state index in [4.69, 9.17) is 0 Å². The molecule has 0 spiro atoms. The standard InChI is InChI=1S/C16H17N3O2S/c1-2-10-3-5-11(6-4-10)13-9-22-16(18-13)19-15(21)12-7-8-14(20)17-12/h3-6,9,12H,2,7-8H2,1H3,(H,17,20)(H,18,19,21). The van der Waals surface area contributed by atoms with Crippen LogP contribution in [0.3, 0.4) is 0 Å². The largest absolute Gasteiger partial charge is 0.344 e. The number of hydrogen-bond acceptors (Lipinski definition) is 4. The third kappa shape index (κ3) is 3.17. The molecule has 0 radical (unpaired) electrons. The lowest BCUT2D eigenvalue weighted by Crippen LogP contribution is -2.37. The van der Waals surface area contributed by atoms with E-state index in [9.17, 15) is 9.59 Å². The topological polar surface area (TPSA) is 71.1 Å². The van der Waals surface area contributed by atoms with E-state index in [2.05, 4.69) is 34.7 Å². The summed E-state index contributed by atoms with van der Waals surface area (Å²) in [5.74, 6) is -0.274. The Morgan fingerprint density at radius 1 is 1.41 bits per heavy atom. The number of rotatable bonds is 4. The van der Waals surface area contributed by atoms with Crippen LogP contribution < -0.4 is 10.6 Å². The number of hydrogen-bond donors (Lipinski definition) is 2. The first-order valence-corrected chi connectivity index (χ1v) is 8.18. The van der Waals surface area contributed by atoms with Gasteiger partial charge in [0.15, 0.2) is 5.13 Å². The Balaban J connectivity index is 1.68.